The maximum absolute atomic E-state index is 4.51. The molecule has 3 nitrogen and oxygen atoms in total. The molecule has 0 fully saturated rings. The van der Waals surface area contributed by atoms with E-state index < -0.39 is 0 Å². The minimum Gasteiger partial charge on any atom is -0.355 e. The molecule has 0 aliphatic rings. The van der Waals surface area contributed by atoms with E-state index in [0.717, 1.165) is 23.5 Å². The molecule has 0 saturated heterocycles. The Morgan fingerprint density at radius 1 is 1.29 bits per heavy atom. The second-order valence-electron chi connectivity index (χ2n) is 5.37. The Bertz CT molecular complexity index is 452. The van der Waals surface area contributed by atoms with Crippen LogP contribution in [-0.4, -0.2) is 16.5 Å². The van der Waals surface area contributed by atoms with Crippen molar-refractivity contribution in [3.05, 3.63) is 24.3 Å². The molecule has 0 atom stereocenters. The Hall–Kier alpha value is -1.51. The minimum absolute atomic E-state index is 0.313. The van der Waals surface area contributed by atoms with E-state index in [2.05, 4.69) is 36.1 Å². The highest BCUT2D eigenvalue weighted by atomic mass is 15.1. The maximum atomic E-state index is 4.51. The van der Waals surface area contributed by atoms with Crippen molar-refractivity contribution in [3.63, 3.8) is 0 Å². The van der Waals surface area contributed by atoms with Crippen LogP contribution in [0.1, 0.15) is 33.6 Å². The molecule has 2 aromatic rings. The number of imidazole rings is 1. The number of hydrogen-bond donors (Lipinski definition) is 2. The third-order valence-electron chi connectivity index (χ3n) is 3.05. The Kier molecular flexibility index (Phi) is 3.36. The fourth-order valence-electron chi connectivity index (χ4n) is 2.12. The second kappa shape index (κ2) is 4.78. The highest BCUT2D eigenvalue weighted by molar-refractivity contribution is 5.77. The van der Waals surface area contributed by atoms with Crippen LogP contribution in [0.15, 0.2) is 24.3 Å². The molecule has 0 aliphatic carbocycles. The molecule has 0 bridgehead atoms. The Labute approximate surface area is 103 Å². The zero-order valence-corrected chi connectivity index (χ0v) is 10.9. The molecule has 92 valence electrons. The van der Waals surface area contributed by atoms with E-state index in [1.807, 2.05) is 24.3 Å². The number of aromatic amines is 1. The number of fused-ring (bicyclic) bond motifs is 1. The van der Waals surface area contributed by atoms with E-state index in [1.54, 1.807) is 0 Å². The van der Waals surface area contributed by atoms with Gasteiger partial charge in [-0.3, -0.25) is 0 Å². The first kappa shape index (κ1) is 12.0. The SMILES string of the molecule is CCCC(C)(C)CNc1nc2ccccc2[nH]1. The van der Waals surface area contributed by atoms with Gasteiger partial charge in [-0.05, 0) is 24.0 Å². The zero-order valence-electron chi connectivity index (χ0n) is 10.9. The van der Waals surface area contributed by atoms with Gasteiger partial charge in [0.2, 0.25) is 5.95 Å². The average molecular weight is 231 g/mol. The van der Waals surface area contributed by atoms with Crippen molar-refractivity contribution >= 4 is 17.0 Å². The van der Waals surface area contributed by atoms with Crippen molar-refractivity contribution in [2.75, 3.05) is 11.9 Å². The number of para-hydroxylation sites is 2. The summed E-state index contributed by atoms with van der Waals surface area (Å²) in [4.78, 5) is 7.80. The lowest BCUT2D eigenvalue weighted by atomic mass is 9.88. The monoisotopic (exact) mass is 231 g/mol. The van der Waals surface area contributed by atoms with Crippen molar-refractivity contribution < 1.29 is 0 Å². The van der Waals surface area contributed by atoms with Crippen LogP contribution in [0.5, 0.6) is 0 Å². The topological polar surface area (TPSA) is 40.7 Å². The Morgan fingerprint density at radius 3 is 2.76 bits per heavy atom. The summed E-state index contributed by atoms with van der Waals surface area (Å²) in [5.74, 6) is 0.871. The highest BCUT2D eigenvalue weighted by Crippen LogP contribution is 2.22. The molecule has 0 saturated carbocycles. The quantitative estimate of drug-likeness (QED) is 0.821. The van der Waals surface area contributed by atoms with Gasteiger partial charge in [-0.15, -0.1) is 0 Å². The van der Waals surface area contributed by atoms with Crippen LogP contribution >= 0.6 is 0 Å². The fraction of sp³-hybridized carbons (Fsp3) is 0.500. The summed E-state index contributed by atoms with van der Waals surface area (Å²) in [6.07, 6.45) is 2.44. The summed E-state index contributed by atoms with van der Waals surface area (Å²) in [7, 11) is 0. The van der Waals surface area contributed by atoms with Crippen molar-refractivity contribution in [1.82, 2.24) is 9.97 Å². The predicted molar refractivity (Wildman–Crippen MR) is 73.3 cm³/mol. The van der Waals surface area contributed by atoms with E-state index in [1.165, 1.54) is 12.8 Å². The second-order valence-corrected chi connectivity index (χ2v) is 5.37. The summed E-state index contributed by atoms with van der Waals surface area (Å²) in [5, 5.41) is 3.39. The standard InChI is InChI=1S/C14H21N3/c1-4-9-14(2,3)10-15-13-16-11-7-5-6-8-12(11)17-13/h5-8H,4,9-10H2,1-3H3,(H2,15,16,17). The number of nitrogens with one attached hydrogen (secondary N) is 2. The number of H-pyrrole nitrogens is 1. The molecule has 17 heavy (non-hydrogen) atoms. The molecule has 2 rings (SSSR count). The predicted octanol–water partition coefficient (Wildman–Crippen LogP) is 3.80. The molecule has 0 amide bonds. The summed E-state index contributed by atoms with van der Waals surface area (Å²) < 4.78 is 0. The molecule has 0 spiro atoms. The summed E-state index contributed by atoms with van der Waals surface area (Å²) in [6.45, 7) is 7.74. The number of nitrogens with zero attached hydrogens (tertiary/aromatic N) is 1. The van der Waals surface area contributed by atoms with Crippen LogP contribution in [0.4, 0.5) is 5.95 Å². The first-order chi connectivity index (χ1) is 8.11. The number of hydrogen-bond acceptors (Lipinski definition) is 2. The number of rotatable bonds is 5. The largest absolute Gasteiger partial charge is 0.355 e. The average Bonchev–Trinajstić information content (AvgIpc) is 2.69. The van der Waals surface area contributed by atoms with Crippen molar-refractivity contribution in [2.45, 2.75) is 33.6 Å². The van der Waals surface area contributed by atoms with Crippen LogP contribution in [0.2, 0.25) is 0 Å². The van der Waals surface area contributed by atoms with Crippen molar-refractivity contribution in [3.8, 4) is 0 Å². The van der Waals surface area contributed by atoms with Crippen LogP contribution in [0.3, 0.4) is 0 Å². The lowest BCUT2D eigenvalue weighted by Gasteiger charge is -2.23. The fourth-order valence-corrected chi connectivity index (χ4v) is 2.12. The van der Waals surface area contributed by atoms with Gasteiger partial charge >= 0.3 is 0 Å². The first-order valence-electron chi connectivity index (χ1n) is 6.29. The highest BCUT2D eigenvalue weighted by Gasteiger charge is 2.16. The number of aromatic nitrogens is 2. The molecule has 2 N–H and O–H groups in total. The van der Waals surface area contributed by atoms with Gasteiger partial charge in [-0.25, -0.2) is 4.98 Å². The van der Waals surface area contributed by atoms with Gasteiger partial charge in [-0.1, -0.05) is 39.3 Å². The van der Waals surface area contributed by atoms with E-state index in [4.69, 9.17) is 0 Å². The lowest BCUT2D eigenvalue weighted by molar-refractivity contribution is 0.354. The molecule has 1 aromatic carbocycles. The van der Waals surface area contributed by atoms with Gasteiger partial charge < -0.3 is 10.3 Å². The van der Waals surface area contributed by atoms with Crippen LogP contribution < -0.4 is 5.32 Å². The minimum atomic E-state index is 0.313. The lowest BCUT2D eigenvalue weighted by Crippen LogP contribution is -2.23. The molecular formula is C14H21N3. The number of benzene rings is 1. The van der Waals surface area contributed by atoms with Crippen LogP contribution in [0, 0.1) is 5.41 Å². The molecular weight excluding hydrogens is 210 g/mol. The van der Waals surface area contributed by atoms with Crippen LogP contribution in [-0.2, 0) is 0 Å². The molecule has 3 heteroatoms. The molecule has 0 radical (unpaired) electrons. The Balaban J connectivity index is 2.04. The summed E-state index contributed by atoms with van der Waals surface area (Å²) in [5.41, 5.74) is 2.42. The molecule has 0 aliphatic heterocycles. The van der Waals surface area contributed by atoms with Gasteiger partial charge in [0.05, 0.1) is 11.0 Å². The zero-order chi connectivity index (χ0) is 12.3. The van der Waals surface area contributed by atoms with Gasteiger partial charge in [0.25, 0.3) is 0 Å². The molecule has 0 unspecified atom stereocenters. The smallest absolute Gasteiger partial charge is 0.201 e. The molecule has 1 aromatic heterocycles. The van der Waals surface area contributed by atoms with Crippen molar-refractivity contribution in [1.29, 1.82) is 0 Å². The first-order valence-corrected chi connectivity index (χ1v) is 6.29. The Morgan fingerprint density at radius 2 is 2.06 bits per heavy atom. The van der Waals surface area contributed by atoms with E-state index in [-0.39, 0.29) is 0 Å². The van der Waals surface area contributed by atoms with Crippen LogP contribution in [0.25, 0.3) is 11.0 Å². The van der Waals surface area contributed by atoms with Crippen molar-refractivity contribution in [2.24, 2.45) is 5.41 Å². The molecule has 1 heterocycles. The summed E-state index contributed by atoms with van der Waals surface area (Å²) in [6, 6.07) is 8.10. The maximum Gasteiger partial charge on any atom is 0.201 e. The van der Waals surface area contributed by atoms with E-state index >= 15 is 0 Å². The summed E-state index contributed by atoms with van der Waals surface area (Å²) >= 11 is 0. The number of anilines is 1. The van der Waals surface area contributed by atoms with Gasteiger partial charge in [0, 0.05) is 6.54 Å². The van der Waals surface area contributed by atoms with Gasteiger partial charge in [0.15, 0.2) is 0 Å². The normalized spacial score (nSPS) is 11.9. The third-order valence-corrected chi connectivity index (χ3v) is 3.05. The van der Waals surface area contributed by atoms with Gasteiger partial charge in [-0.2, -0.15) is 0 Å². The van der Waals surface area contributed by atoms with E-state index in [0.29, 0.717) is 5.41 Å². The van der Waals surface area contributed by atoms with Gasteiger partial charge in [0.1, 0.15) is 0 Å². The third kappa shape index (κ3) is 2.99. The van der Waals surface area contributed by atoms with E-state index in [9.17, 15) is 0 Å².